The van der Waals surface area contributed by atoms with Crippen LogP contribution in [-0.4, -0.2) is 18.1 Å². The predicted molar refractivity (Wildman–Crippen MR) is 61.4 cm³/mol. The molecule has 3 heteroatoms. The fourth-order valence-corrected chi connectivity index (χ4v) is 1.47. The summed E-state index contributed by atoms with van der Waals surface area (Å²) < 4.78 is 0. The number of anilines is 2. The van der Waals surface area contributed by atoms with Gasteiger partial charge in [-0.05, 0) is 25.5 Å². The van der Waals surface area contributed by atoms with Gasteiger partial charge >= 0.3 is 0 Å². The van der Waals surface area contributed by atoms with Crippen LogP contribution in [0, 0.1) is 0 Å². The van der Waals surface area contributed by atoms with E-state index in [2.05, 4.69) is 23.7 Å². The van der Waals surface area contributed by atoms with Gasteiger partial charge in [-0.3, -0.25) is 0 Å². The Hall–Kier alpha value is -1.25. The van der Waals surface area contributed by atoms with Gasteiger partial charge in [-0.15, -0.1) is 0 Å². The molecule has 0 fully saturated rings. The van der Waals surface area contributed by atoms with E-state index >= 15 is 0 Å². The fraction of sp³-hybridized carbons (Fsp3) is 0.545. The first-order valence-corrected chi connectivity index (χ1v) is 5.25. The van der Waals surface area contributed by atoms with E-state index in [4.69, 9.17) is 5.73 Å². The average Bonchev–Trinajstić information content (AvgIpc) is 2.21. The van der Waals surface area contributed by atoms with Crippen molar-refractivity contribution in [1.82, 2.24) is 4.98 Å². The fourth-order valence-electron chi connectivity index (χ4n) is 1.47. The molecule has 3 nitrogen and oxygen atoms in total. The molecule has 0 bridgehead atoms. The van der Waals surface area contributed by atoms with Gasteiger partial charge in [0, 0.05) is 19.3 Å². The Labute approximate surface area is 85.9 Å². The molecule has 0 atom stereocenters. The molecule has 0 aliphatic carbocycles. The zero-order chi connectivity index (χ0) is 10.4. The van der Waals surface area contributed by atoms with E-state index in [1.807, 2.05) is 12.1 Å². The second kappa shape index (κ2) is 5.47. The average molecular weight is 193 g/mol. The van der Waals surface area contributed by atoms with Crippen LogP contribution in [0.5, 0.6) is 0 Å². The van der Waals surface area contributed by atoms with Crippen LogP contribution in [0.4, 0.5) is 11.5 Å². The van der Waals surface area contributed by atoms with Crippen molar-refractivity contribution in [2.45, 2.75) is 26.7 Å². The highest BCUT2D eigenvalue weighted by molar-refractivity contribution is 5.62. The summed E-state index contributed by atoms with van der Waals surface area (Å²) in [6, 6.07) is 3.96. The van der Waals surface area contributed by atoms with Crippen LogP contribution in [-0.2, 0) is 0 Å². The highest BCUT2D eigenvalue weighted by Gasteiger charge is 2.06. The highest BCUT2D eigenvalue weighted by atomic mass is 15.1. The summed E-state index contributed by atoms with van der Waals surface area (Å²) in [4.78, 5) is 6.36. The van der Waals surface area contributed by atoms with Gasteiger partial charge in [0.2, 0.25) is 0 Å². The van der Waals surface area contributed by atoms with Gasteiger partial charge in [0.1, 0.15) is 5.82 Å². The van der Waals surface area contributed by atoms with Crippen molar-refractivity contribution in [3.05, 3.63) is 18.3 Å². The minimum Gasteiger partial charge on any atom is -0.382 e. The number of pyridine rings is 1. The molecule has 1 aromatic rings. The lowest BCUT2D eigenvalue weighted by molar-refractivity contribution is 0.732. The van der Waals surface area contributed by atoms with Gasteiger partial charge in [0.15, 0.2) is 0 Å². The number of nitrogens with zero attached hydrogens (tertiary/aromatic N) is 2. The Morgan fingerprint density at radius 2 is 2.21 bits per heavy atom. The number of hydrogen-bond acceptors (Lipinski definition) is 3. The molecule has 2 N–H and O–H groups in total. The summed E-state index contributed by atoms with van der Waals surface area (Å²) in [5.41, 5.74) is 6.87. The molecule has 0 unspecified atom stereocenters. The Morgan fingerprint density at radius 3 is 2.79 bits per heavy atom. The quantitative estimate of drug-likeness (QED) is 0.780. The SMILES string of the molecule is CCCCN(CC)c1cccnc1N. The molecule has 0 aliphatic heterocycles. The van der Waals surface area contributed by atoms with Crippen molar-refractivity contribution >= 4 is 11.5 Å². The van der Waals surface area contributed by atoms with Gasteiger partial charge in [-0.2, -0.15) is 0 Å². The van der Waals surface area contributed by atoms with E-state index in [0.29, 0.717) is 5.82 Å². The first-order chi connectivity index (χ1) is 6.79. The van der Waals surface area contributed by atoms with E-state index in [1.54, 1.807) is 6.20 Å². The Bertz CT molecular complexity index is 273. The summed E-state index contributed by atoms with van der Waals surface area (Å²) >= 11 is 0. The van der Waals surface area contributed by atoms with Crippen molar-refractivity contribution in [3.8, 4) is 0 Å². The van der Waals surface area contributed by atoms with E-state index in [-0.39, 0.29) is 0 Å². The lowest BCUT2D eigenvalue weighted by Gasteiger charge is -2.23. The first kappa shape index (κ1) is 10.8. The largest absolute Gasteiger partial charge is 0.382 e. The third-order valence-electron chi connectivity index (χ3n) is 2.32. The minimum absolute atomic E-state index is 0.630. The van der Waals surface area contributed by atoms with Crippen molar-refractivity contribution in [2.75, 3.05) is 23.7 Å². The summed E-state index contributed by atoms with van der Waals surface area (Å²) in [5.74, 6) is 0.630. The highest BCUT2D eigenvalue weighted by Crippen LogP contribution is 2.19. The van der Waals surface area contributed by atoms with Gasteiger partial charge in [0.05, 0.1) is 5.69 Å². The molecule has 14 heavy (non-hydrogen) atoms. The lowest BCUT2D eigenvalue weighted by Crippen LogP contribution is -2.25. The van der Waals surface area contributed by atoms with Gasteiger partial charge in [-0.25, -0.2) is 4.98 Å². The third-order valence-corrected chi connectivity index (χ3v) is 2.32. The topological polar surface area (TPSA) is 42.2 Å². The summed E-state index contributed by atoms with van der Waals surface area (Å²) in [6.45, 7) is 6.38. The summed E-state index contributed by atoms with van der Waals surface area (Å²) in [6.07, 6.45) is 4.13. The molecule has 78 valence electrons. The van der Waals surface area contributed by atoms with E-state index in [1.165, 1.54) is 12.8 Å². The van der Waals surface area contributed by atoms with Crippen molar-refractivity contribution < 1.29 is 0 Å². The van der Waals surface area contributed by atoms with Crippen molar-refractivity contribution in [2.24, 2.45) is 0 Å². The molecule has 0 aliphatic rings. The Kier molecular flexibility index (Phi) is 4.23. The van der Waals surface area contributed by atoms with Crippen LogP contribution in [0.1, 0.15) is 26.7 Å². The van der Waals surface area contributed by atoms with E-state index in [9.17, 15) is 0 Å². The molecule has 0 spiro atoms. The molecule has 1 aromatic heterocycles. The number of nitrogen functional groups attached to an aromatic ring is 1. The predicted octanol–water partition coefficient (Wildman–Crippen LogP) is 2.29. The third kappa shape index (κ3) is 2.62. The van der Waals surface area contributed by atoms with Crippen LogP contribution in [0.25, 0.3) is 0 Å². The molecule has 0 radical (unpaired) electrons. The van der Waals surface area contributed by atoms with Gasteiger partial charge < -0.3 is 10.6 Å². The van der Waals surface area contributed by atoms with E-state index < -0.39 is 0 Å². The molecule has 0 aromatic carbocycles. The normalized spacial score (nSPS) is 10.1. The van der Waals surface area contributed by atoms with Crippen LogP contribution >= 0.6 is 0 Å². The standard InChI is InChI=1S/C11H19N3/c1-3-5-9-14(4-2)10-7-6-8-13-11(10)12/h6-8H,3-5,9H2,1-2H3,(H2,12,13). The number of hydrogen-bond donors (Lipinski definition) is 1. The van der Waals surface area contributed by atoms with Gasteiger partial charge in [0.25, 0.3) is 0 Å². The Balaban J connectivity index is 2.73. The number of aromatic nitrogens is 1. The van der Waals surface area contributed by atoms with Gasteiger partial charge in [-0.1, -0.05) is 13.3 Å². The smallest absolute Gasteiger partial charge is 0.146 e. The van der Waals surface area contributed by atoms with Crippen molar-refractivity contribution in [3.63, 3.8) is 0 Å². The molecule has 0 amide bonds. The lowest BCUT2D eigenvalue weighted by atomic mass is 10.2. The van der Waals surface area contributed by atoms with Crippen LogP contribution in [0.15, 0.2) is 18.3 Å². The first-order valence-electron chi connectivity index (χ1n) is 5.25. The maximum absolute atomic E-state index is 5.82. The summed E-state index contributed by atoms with van der Waals surface area (Å²) in [5, 5.41) is 0. The summed E-state index contributed by atoms with van der Waals surface area (Å²) in [7, 11) is 0. The Morgan fingerprint density at radius 1 is 1.43 bits per heavy atom. The molecule has 0 saturated carbocycles. The number of rotatable bonds is 5. The molecule has 1 heterocycles. The molecular weight excluding hydrogens is 174 g/mol. The number of nitrogens with two attached hydrogens (primary N) is 1. The zero-order valence-corrected chi connectivity index (χ0v) is 9.03. The monoisotopic (exact) mass is 193 g/mol. The zero-order valence-electron chi connectivity index (χ0n) is 9.03. The second-order valence-electron chi connectivity index (χ2n) is 3.34. The minimum atomic E-state index is 0.630. The van der Waals surface area contributed by atoms with Crippen LogP contribution in [0.3, 0.4) is 0 Å². The molecule has 1 rings (SSSR count). The molecule has 0 saturated heterocycles. The van der Waals surface area contributed by atoms with E-state index in [0.717, 1.165) is 18.8 Å². The molecular formula is C11H19N3. The maximum atomic E-state index is 5.82. The van der Waals surface area contributed by atoms with Crippen LogP contribution < -0.4 is 10.6 Å². The van der Waals surface area contributed by atoms with Crippen molar-refractivity contribution in [1.29, 1.82) is 0 Å². The second-order valence-corrected chi connectivity index (χ2v) is 3.34. The number of unbranched alkanes of at least 4 members (excludes halogenated alkanes) is 1. The van der Waals surface area contributed by atoms with Crippen LogP contribution in [0.2, 0.25) is 0 Å². The maximum Gasteiger partial charge on any atom is 0.146 e.